The number of rotatable bonds is 3. The van der Waals surface area contributed by atoms with Crippen LogP contribution in [0.4, 0.5) is 0 Å². The molecule has 1 fully saturated rings. The first-order valence-corrected chi connectivity index (χ1v) is 4.85. The van der Waals surface area contributed by atoms with Gasteiger partial charge in [0.2, 0.25) is 0 Å². The van der Waals surface area contributed by atoms with Crippen LogP contribution in [-0.4, -0.2) is 37.2 Å². The molecule has 0 aromatic rings. The van der Waals surface area contributed by atoms with Crippen molar-refractivity contribution in [2.75, 3.05) is 26.2 Å². The monoisotopic (exact) mass is 171 g/mol. The molecular weight excluding hydrogens is 150 g/mol. The second kappa shape index (κ2) is 3.75. The van der Waals surface area contributed by atoms with Gasteiger partial charge in [-0.2, -0.15) is 0 Å². The number of hydrogen-bond donors (Lipinski definition) is 0. The van der Waals surface area contributed by atoms with Crippen molar-refractivity contribution in [1.29, 1.82) is 0 Å². The second-order valence-corrected chi connectivity index (χ2v) is 4.83. The van der Waals surface area contributed by atoms with Gasteiger partial charge in [-0.1, -0.05) is 20.8 Å². The van der Waals surface area contributed by atoms with Gasteiger partial charge < -0.3 is 4.74 Å². The topological polar surface area (TPSA) is 12.5 Å². The Morgan fingerprint density at radius 1 is 1.33 bits per heavy atom. The minimum Gasteiger partial charge on any atom is -0.376 e. The van der Waals surface area contributed by atoms with Crippen molar-refractivity contribution < 1.29 is 4.74 Å². The SMILES string of the molecule is CCOC1CN(CC(C)(C)C)C1. The van der Waals surface area contributed by atoms with E-state index in [2.05, 4.69) is 32.6 Å². The maximum Gasteiger partial charge on any atom is 0.0828 e. The van der Waals surface area contributed by atoms with Crippen LogP contribution in [0.3, 0.4) is 0 Å². The predicted molar refractivity (Wildman–Crippen MR) is 51.3 cm³/mol. The van der Waals surface area contributed by atoms with Crippen molar-refractivity contribution in [3.8, 4) is 0 Å². The molecule has 0 atom stereocenters. The van der Waals surface area contributed by atoms with Gasteiger partial charge in [0.25, 0.3) is 0 Å². The van der Waals surface area contributed by atoms with Gasteiger partial charge >= 0.3 is 0 Å². The Morgan fingerprint density at radius 2 is 1.92 bits per heavy atom. The van der Waals surface area contributed by atoms with E-state index in [1.54, 1.807) is 0 Å². The minimum absolute atomic E-state index is 0.428. The molecule has 0 amide bonds. The van der Waals surface area contributed by atoms with E-state index in [0.29, 0.717) is 11.5 Å². The number of nitrogens with zero attached hydrogens (tertiary/aromatic N) is 1. The van der Waals surface area contributed by atoms with Crippen LogP contribution in [0.2, 0.25) is 0 Å². The zero-order valence-electron chi connectivity index (χ0n) is 8.76. The van der Waals surface area contributed by atoms with Gasteiger partial charge in [-0.15, -0.1) is 0 Å². The van der Waals surface area contributed by atoms with Gasteiger partial charge in [0.1, 0.15) is 0 Å². The summed E-state index contributed by atoms with van der Waals surface area (Å²) in [6, 6.07) is 0. The summed E-state index contributed by atoms with van der Waals surface area (Å²) in [7, 11) is 0. The third-order valence-corrected chi connectivity index (χ3v) is 2.02. The van der Waals surface area contributed by atoms with Crippen LogP contribution in [0.25, 0.3) is 0 Å². The Morgan fingerprint density at radius 3 is 2.33 bits per heavy atom. The first kappa shape index (κ1) is 10.0. The Bertz CT molecular complexity index is 133. The molecule has 0 radical (unpaired) electrons. The summed E-state index contributed by atoms with van der Waals surface area (Å²) >= 11 is 0. The summed E-state index contributed by atoms with van der Waals surface area (Å²) in [5, 5.41) is 0. The van der Waals surface area contributed by atoms with Crippen LogP contribution in [0.1, 0.15) is 27.7 Å². The van der Waals surface area contributed by atoms with Crippen LogP contribution < -0.4 is 0 Å². The lowest BCUT2D eigenvalue weighted by Crippen LogP contribution is -2.54. The zero-order valence-corrected chi connectivity index (χ0v) is 8.76. The number of hydrogen-bond acceptors (Lipinski definition) is 2. The van der Waals surface area contributed by atoms with Gasteiger partial charge in [-0.3, -0.25) is 4.90 Å². The van der Waals surface area contributed by atoms with Crippen LogP contribution in [0.5, 0.6) is 0 Å². The van der Waals surface area contributed by atoms with Crippen LogP contribution in [0.15, 0.2) is 0 Å². The first-order chi connectivity index (χ1) is 5.51. The van der Waals surface area contributed by atoms with Crippen LogP contribution in [-0.2, 0) is 4.74 Å². The summed E-state index contributed by atoms with van der Waals surface area (Å²) in [5.41, 5.74) is 0.428. The highest BCUT2D eigenvalue weighted by molar-refractivity contribution is 4.83. The number of likely N-dealkylation sites (tertiary alicyclic amines) is 1. The molecule has 1 aliphatic heterocycles. The van der Waals surface area contributed by atoms with E-state index in [4.69, 9.17) is 4.74 Å². The Kier molecular flexibility index (Phi) is 3.13. The van der Waals surface area contributed by atoms with E-state index < -0.39 is 0 Å². The largest absolute Gasteiger partial charge is 0.376 e. The molecule has 1 heterocycles. The summed E-state index contributed by atoms with van der Waals surface area (Å²) in [6.45, 7) is 13.2. The number of ether oxygens (including phenoxy) is 1. The molecule has 0 aromatic heterocycles. The van der Waals surface area contributed by atoms with Crippen LogP contribution >= 0.6 is 0 Å². The van der Waals surface area contributed by atoms with Crippen molar-refractivity contribution >= 4 is 0 Å². The highest BCUT2D eigenvalue weighted by Crippen LogP contribution is 2.20. The molecule has 0 spiro atoms. The maximum atomic E-state index is 5.48. The Balaban J connectivity index is 2.10. The third kappa shape index (κ3) is 3.11. The molecule has 0 bridgehead atoms. The molecule has 1 saturated heterocycles. The van der Waals surface area contributed by atoms with Gasteiger partial charge in [0, 0.05) is 26.2 Å². The molecule has 0 aliphatic carbocycles. The average molecular weight is 171 g/mol. The van der Waals surface area contributed by atoms with E-state index in [-0.39, 0.29) is 0 Å². The standard InChI is InChI=1S/C10H21NO/c1-5-12-9-6-11(7-9)8-10(2,3)4/h9H,5-8H2,1-4H3. The Labute approximate surface area is 75.9 Å². The third-order valence-electron chi connectivity index (χ3n) is 2.02. The molecule has 0 N–H and O–H groups in total. The fourth-order valence-electron chi connectivity index (χ4n) is 1.66. The van der Waals surface area contributed by atoms with E-state index in [0.717, 1.165) is 19.7 Å². The van der Waals surface area contributed by atoms with Gasteiger partial charge in [0.05, 0.1) is 6.10 Å². The Hall–Kier alpha value is -0.0800. The molecule has 0 aromatic carbocycles. The molecule has 72 valence electrons. The lowest BCUT2D eigenvalue weighted by atomic mass is 9.94. The van der Waals surface area contributed by atoms with Crippen molar-refractivity contribution in [3.05, 3.63) is 0 Å². The molecule has 12 heavy (non-hydrogen) atoms. The first-order valence-electron chi connectivity index (χ1n) is 4.85. The summed E-state index contributed by atoms with van der Waals surface area (Å²) < 4.78 is 5.48. The van der Waals surface area contributed by atoms with Crippen molar-refractivity contribution in [2.24, 2.45) is 5.41 Å². The van der Waals surface area contributed by atoms with E-state index in [9.17, 15) is 0 Å². The van der Waals surface area contributed by atoms with Gasteiger partial charge in [-0.05, 0) is 12.3 Å². The van der Waals surface area contributed by atoms with E-state index in [1.807, 2.05) is 0 Å². The van der Waals surface area contributed by atoms with Gasteiger partial charge in [0.15, 0.2) is 0 Å². The highest BCUT2D eigenvalue weighted by atomic mass is 16.5. The highest BCUT2D eigenvalue weighted by Gasteiger charge is 2.29. The summed E-state index contributed by atoms with van der Waals surface area (Å²) in [4.78, 5) is 2.46. The second-order valence-electron chi connectivity index (χ2n) is 4.83. The summed E-state index contributed by atoms with van der Waals surface area (Å²) in [5.74, 6) is 0. The lowest BCUT2D eigenvalue weighted by Gasteiger charge is -2.42. The van der Waals surface area contributed by atoms with Gasteiger partial charge in [-0.25, -0.2) is 0 Å². The van der Waals surface area contributed by atoms with Crippen molar-refractivity contribution in [1.82, 2.24) is 4.90 Å². The molecule has 2 heteroatoms. The van der Waals surface area contributed by atoms with Crippen molar-refractivity contribution in [2.45, 2.75) is 33.8 Å². The molecule has 2 nitrogen and oxygen atoms in total. The smallest absolute Gasteiger partial charge is 0.0828 e. The molecule has 0 saturated carbocycles. The predicted octanol–water partition coefficient (Wildman–Crippen LogP) is 1.75. The fourth-order valence-corrected chi connectivity index (χ4v) is 1.66. The zero-order chi connectivity index (χ0) is 9.19. The molecule has 0 unspecified atom stereocenters. The molecule has 1 aliphatic rings. The van der Waals surface area contributed by atoms with E-state index >= 15 is 0 Å². The lowest BCUT2D eigenvalue weighted by molar-refractivity contribution is -0.0598. The average Bonchev–Trinajstić information content (AvgIpc) is 1.80. The normalized spacial score (nSPS) is 21.0. The quantitative estimate of drug-likeness (QED) is 0.641. The van der Waals surface area contributed by atoms with Crippen molar-refractivity contribution in [3.63, 3.8) is 0 Å². The van der Waals surface area contributed by atoms with E-state index in [1.165, 1.54) is 6.54 Å². The molecular formula is C10H21NO. The summed E-state index contributed by atoms with van der Waals surface area (Å²) in [6.07, 6.45) is 0.511. The molecule has 1 rings (SSSR count). The fraction of sp³-hybridized carbons (Fsp3) is 1.00. The minimum atomic E-state index is 0.428. The van der Waals surface area contributed by atoms with Crippen LogP contribution in [0, 0.1) is 5.41 Å². The maximum absolute atomic E-state index is 5.48.